The Morgan fingerprint density at radius 1 is 1.47 bits per heavy atom. The third-order valence-electron chi connectivity index (χ3n) is 2.93. The second-order valence-corrected chi connectivity index (χ2v) is 3.96. The molecule has 1 aliphatic carbocycles. The summed E-state index contributed by atoms with van der Waals surface area (Å²) in [7, 11) is 1.62. The molecule has 0 heterocycles. The van der Waals surface area contributed by atoms with Crippen molar-refractivity contribution in [2.45, 2.75) is 31.9 Å². The van der Waals surface area contributed by atoms with Crippen molar-refractivity contribution in [2.75, 3.05) is 12.4 Å². The van der Waals surface area contributed by atoms with E-state index < -0.39 is 0 Å². The number of rotatable bonds is 4. The van der Waals surface area contributed by atoms with Crippen LogP contribution in [0.2, 0.25) is 0 Å². The van der Waals surface area contributed by atoms with Gasteiger partial charge in [0.25, 0.3) is 0 Å². The lowest BCUT2D eigenvalue weighted by atomic mass is 9.93. The summed E-state index contributed by atoms with van der Waals surface area (Å²) in [6.07, 6.45) is 3.82. The van der Waals surface area contributed by atoms with Crippen LogP contribution in [0.25, 0.3) is 0 Å². The average Bonchev–Trinajstić information content (AvgIpc) is 2.23. The van der Waals surface area contributed by atoms with Gasteiger partial charge in [-0.1, -0.05) is 0 Å². The smallest absolute Gasteiger partial charge is 0.124 e. The van der Waals surface area contributed by atoms with Gasteiger partial charge in [0, 0.05) is 17.3 Å². The molecule has 3 nitrogen and oxygen atoms in total. The Balaban J connectivity index is 2.10. The second kappa shape index (κ2) is 4.53. The van der Waals surface area contributed by atoms with E-state index in [4.69, 9.17) is 4.74 Å². The quantitative estimate of drug-likeness (QED) is 0.795. The summed E-state index contributed by atoms with van der Waals surface area (Å²) in [6, 6.07) is 6.46. The normalized spacial score (nSPS) is 15.9. The van der Waals surface area contributed by atoms with Crippen molar-refractivity contribution in [3.8, 4) is 5.75 Å². The van der Waals surface area contributed by atoms with Crippen LogP contribution in [0, 0.1) is 0 Å². The zero-order valence-corrected chi connectivity index (χ0v) is 8.99. The molecule has 1 saturated carbocycles. The Bertz CT molecular complexity index is 334. The second-order valence-electron chi connectivity index (χ2n) is 3.96. The molecule has 82 valence electrons. The summed E-state index contributed by atoms with van der Waals surface area (Å²) in [6.45, 7) is 0.0172. The Labute approximate surface area is 90.1 Å². The fourth-order valence-electron chi connectivity index (χ4n) is 1.78. The lowest BCUT2D eigenvalue weighted by Crippen LogP contribution is -2.26. The highest BCUT2D eigenvalue weighted by atomic mass is 16.5. The molecule has 0 radical (unpaired) electrons. The summed E-state index contributed by atoms with van der Waals surface area (Å²) in [4.78, 5) is 0. The molecule has 3 heteroatoms. The van der Waals surface area contributed by atoms with Crippen molar-refractivity contribution in [2.24, 2.45) is 0 Å². The molecular weight excluding hydrogens is 190 g/mol. The predicted molar refractivity (Wildman–Crippen MR) is 60.2 cm³/mol. The van der Waals surface area contributed by atoms with E-state index in [-0.39, 0.29) is 6.61 Å². The van der Waals surface area contributed by atoms with Crippen molar-refractivity contribution < 1.29 is 9.84 Å². The minimum Gasteiger partial charge on any atom is -0.496 e. The first-order valence-electron chi connectivity index (χ1n) is 5.38. The maximum Gasteiger partial charge on any atom is 0.124 e. The monoisotopic (exact) mass is 207 g/mol. The fourth-order valence-corrected chi connectivity index (χ4v) is 1.78. The minimum absolute atomic E-state index is 0.0172. The van der Waals surface area contributed by atoms with Gasteiger partial charge in [-0.05, 0) is 37.5 Å². The summed E-state index contributed by atoms with van der Waals surface area (Å²) in [5, 5.41) is 12.6. The number of benzene rings is 1. The van der Waals surface area contributed by atoms with Crippen LogP contribution in [-0.4, -0.2) is 18.3 Å². The van der Waals surface area contributed by atoms with Crippen LogP contribution in [0.4, 0.5) is 5.69 Å². The van der Waals surface area contributed by atoms with Gasteiger partial charge >= 0.3 is 0 Å². The summed E-state index contributed by atoms with van der Waals surface area (Å²) >= 11 is 0. The van der Waals surface area contributed by atoms with E-state index in [1.807, 2.05) is 18.2 Å². The molecule has 0 amide bonds. The number of ether oxygens (including phenoxy) is 1. The standard InChI is InChI=1S/C12H17NO2/c1-15-12-6-5-11(7-9(12)8-14)13-10-3-2-4-10/h5-7,10,13-14H,2-4,8H2,1H3. The van der Waals surface area contributed by atoms with Crippen molar-refractivity contribution >= 4 is 5.69 Å². The van der Waals surface area contributed by atoms with Crippen LogP contribution in [0.15, 0.2) is 18.2 Å². The van der Waals surface area contributed by atoms with Crippen LogP contribution < -0.4 is 10.1 Å². The van der Waals surface area contributed by atoms with Gasteiger partial charge in [0.15, 0.2) is 0 Å². The van der Waals surface area contributed by atoms with Crippen LogP contribution in [0.1, 0.15) is 24.8 Å². The molecule has 0 bridgehead atoms. The van der Waals surface area contributed by atoms with E-state index in [1.54, 1.807) is 7.11 Å². The zero-order chi connectivity index (χ0) is 10.7. The summed E-state index contributed by atoms with van der Waals surface area (Å²) in [5.41, 5.74) is 1.91. The molecule has 1 aromatic rings. The van der Waals surface area contributed by atoms with Crippen molar-refractivity contribution in [1.82, 2.24) is 0 Å². The molecule has 0 saturated heterocycles. The number of hydrogen-bond acceptors (Lipinski definition) is 3. The predicted octanol–water partition coefficient (Wildman–Crippen LogP) is 2.15. The van der Waals surface area contributed by atoms with Gasteiger partial charge in [0.1, 0.15) is 5.75 Å². The van der Waals surface area contributed by atoms with Crippen molar-refractivity contribution in [3.63, 3.8) is 0 Å². The molecule has 1 aromatic carbocycles. The van der Waals surface area contributed by atoms with Gasteiger partial charge < -0.3 is 15.2 Å². The van der Waals surface area contributed by atoms with Crippen molar-refractivity contribution in [3.05, 3.63) is 23.8 Å². The lowest BCUT2D eigenvalue weighted by molar-refractivity contribution is 0.274. The van der Waals surface area contributed by atoms with Crippen LogP contribution >= 0.6 is 0 Å². The van der Waals surface area contributed by atoms with Gasteiger partial charge in [-0.3, -0.25) is 0 Å². The molecule has 1 aliphatic rings. The molecule has 2 N–H and O–H groups in total. The summed E-state index contributed by atoms with van der Waals surface area (Å²) < 4.78 is 5.15. The number of aliphatic hydroxyl groups excluding tert-OH is 1. The first-order valence-corrected chi connectivity index (χ1v) is 5.38. The van der Waals surface area contributed by atoms with Gasteiger partial charge in [-0.25, -0.2) is 0 Å². The molecule has 0 unspecified atom stereocenters. The Morgan fingerprint density at radius 2 is 2.27 bits per heavy atom. The van der Waals surface area contributed by atoms with Crippen molar-refractivity contribution in [1.29, 1.82) is 0 Å². The number of aliphatic hydroxyl groups is 1. The maximum atomic E-state index is 9.17. The maximum absolute atomic E-state index is 9.17. The van der Waals surface area contributed by atoms with Gasteiger partial charge in [-0.15, -0.1) is 0 Å². The highest BCUT2D eigenvalue weighted by Gasteiger charge is 2.17. The largest absolute Gasteiger partial charge is 0.496 e. The van der Waals surface area contributed by atoms with E-state index in [1.165, 1.54) is 19.3 Å². The van der Waals surface area contributed by atoms with Crippen LogP contribution in [0.5, 0.6) is 5.75 Å². The first-order chi connectivity index (χ1) is 7.33. The molecule has 1 fully saturated rings. The molecule has 15 heavy (non-hydrogen) atoms. The Hall–Kier alpha value is -1.22. The number of hydrogen-bond donors (Lipinski definition) is 2. The molecular formula is C12H17NO2. The van der Waals surface area contributed by atoms with E-state index >= 15 is 0 Å². The molecule has 2 rings (SSSR count). The molecule has 0 aliphatic heterocycles. The van der Waals surface area contributed by atoms with Gasteiger partial charge in [0.2, 0.25) is 0 Å². The fraction of sp³-hybridized carbons (Fsp3) is 0.500. The van der Waals surface area contributed by atoms with Gasteiger partial charge in [-0.2, -0.15) is 0 Å². The molecule has 0 aromatic heterocycles. The topological polar surface area (TPSA) is 41.5 Å². The molecule has 0 atom stereocenters. The Morgan fingerprint density at radius 3 is 2.80 bits per heavy atom. The number of anilines is 1. The third-order valence-corrected chi connectivity index (χ3v) is 2.93. The number of nitrogens with one attached hydrogen (secondary N) is 1. The van der Waals surface area contributed by atoms with Crippen LogP contribution in [-0.2, 0) is 6.61 Å². The van der Waals surface area contributed by atoms with E-state index in [0.29, 0.717) is 6.04 Å². The SMILES string of the molecule is COc1ccc(NC2CCC2)cc1CO. The lowest BCUT2D eigenvalue weighted by Gasteiger charge is -2.27. The van der Waals surface area contributed by atoms with E-state index in [9.17, 15) is 5.11 Å². The molecule has 0 spiro atoms. The van der Waals surface area contributed by atoms with Crippen LogP contribution in [0.3, 0.4) is 0 Å². The van der Waals surface area contributed by atoms with E-state index in [0.717, 1.165) is 17.0 Å². The highest BCUT2D eigenvalue weighted by molar-refractivity contribution is 5.51. The Kier molecular flexibility index (Phi) is 3.11. The third kappa shape index (κ3) is 2.23. The highest BCUT2D eigenvalue weighted by Crippen LogP contribution is 2.27. The van der Waals surface area contributed by atoms with E-state index in [2.05, 4.69) is 5.32 Å². The minimum atomic E-state index is 0.0172. The number of methoxy groups -OCH3 is 1. The average molecular weight is 207 g/mol. The summed E-state index contributed by atoms with van der Waals surface area (Å²) in [5.74, 6) is 0.747. The zero-order valence-electron chi connectivity index (χ0n) is 8.99. The van der Waals surface area contributed by atoms with Gasteiger partial charge in [0.05, 0.1) is 13.7 Å². The first kappa shape index (κ1) is 10.3.